The molecular formula is C14H11ClN2O2S. The summed E-state index contributed by atoms with van der Waals surface area (Å²) in [4.78, 5) is 16.7. The number of carbonyl (C=O) groups excluding carboxylic acids is 1. The number of aromatic nitrogens is 1. The molecule has 2 aromatic rings. The summed E-state index contributed by atoms with van der Waals surface area (Å²) < 4.78 is 4.98. The maximum Gasteiger partial charge on any atom is 0.351 e. The number of halogens is 1. The maximum atomic E-state index is 11.9. The van der Waals surface area contributed by atoms with E-state index in [0.29, 0.717) is 20.6 Å². The first kappa shape index (κ1) is 14.5. The zero-order chi connectivity index (χ0) is 14.7. The van der Waals surface area contributed by atoms with Crippen LogP contribution in [0.2, 0.25) is 5.02 Å². The molecule has 1 heterocycles. The minimum absolute atomic E-state index is 0.405. The first-order chi connectivity index (χ1) is 9.51. The summed E-state index contributed by atoms with van der Waals surface area (Å²) in [6, 6.07) is 9.11. The summed E-state index contributed by atoms with van der Waals surface area (Å²) in [5.74, 6) is -0.526. The average molecular weight is 307 g/mol. The highest BCUT2D eigenvalue weighted by Gasteiger charge is 2.19. The van der Waals surface area contributed by atoms with Gasteiger partial charge in [0.15, 0.2) is 6.10 Å². The first-order valence-electron chi connectivity index (χ1n) is 5.85. The number of hydrogen-bond acceptors (Lipinski definition) is 5. The fourth-order valence-electron chi connectivity index (χ4n) is 1.57. The minimum Gasteiger partial charge on any atom is -0.443 e. The number of rotatable bonds is 3. The molecule has 0 aliphatic carbocycles. The summed E-state index contributed by atoms with van der Waals surface area (Å²) in [6.07, 6.45) is -0.779. The number of nitriles is 1. The lowest BCUT2D eigenvalue weighted by molar-refractivity contribution is 0.0440. The summed E-state index contributed by atoms with van der Waals surface area (Å²) in [5.41, 5.74) is 1.43. The van der Waals surface area contributed by atoms with Gasteiger partial charge in [-0.1, -0.05) is 23.7 Å². The lowest BCUT2D eigenvalue weighted by Crippen LogP contribution is -2.12. The third kappa shape index (κ3) is 3.16. The van der Waals surface area contributed by atoms with Crippen molar-refractivity contribution in [1.29, 1.82) is 5.26 Å². The Balaban J connectivity index is 2.31. The van der Waals surface area contributed by atoms with Crippen molar-refractivity contribution < 1.29 is 9.53 Å². The van der Waals surface area contributed by atoms with Crippen LogP contribution in [0.15, 0.2) is 24.3 Å². The van der Waals surface area contributed by atoms with Gasteiger partial charge in [-0.25, -0.2) is 9.78 Å². The van der Waals surface area contributed by atoms with Gasteiger partial charge in [-0.2, -0.15) is 5.26 Å². The SMILES string of the molecule is Cc1nc(-c2cccc(Cl)c2)sc1C(=O)O[C@H](C)C#N. The van der Waals surface area contributed by atoms with Gasteiger partial charge in [0.1, 0.15) is 16.0 Å². The van der Waals surface area contributed by atoms with Gasteiger partial charge < -0.3 is 4.74 Å². The van der Waals surface area contributed by atoms with Crippen LogP contribution in [0.3, 0.4) is 0 Å². The van der Waals surface area contributed by atoms with Gasteiger partial charge in [0, 0.05) is 10.6 Å². The highest BCUT2D eigenvalue weighted by Crippen LogP contribution is 2.30. The lowest BCUT2D eigenvalue weighted by atomic mass is 10.2. The molecule has 0 aliphatic rings. The van der Waals surface area contributed by atoms with Crippen molar-refractivity contribution in [2.24, 2.45) is 0 Å². The predicted molar refractivity (Wildman–Crippen MR) is 77.8 cm³/mol. The molecule has 102 valence electrons. The molecule has 2 rings (SSSR count). The summed E-state index contributed by atoms with van der Waals surface area (Å²) in [5, 5.41) is 9.96. The third-order valence-electron chi connectivity index (χ3n) is 2.52. The van der Waals surface area contributed by atoms with E-state index in [1.807, 2.05) is 18.2 Å². The van der Waals surface area contributed by atoms with E-state index in [9.17, 15) is 4.79 Å². The Kier molecular flexibility index (Phi) is 4.38. The molecule has 0 radical (unpaired) electrons. The highest BCUT2D eigenvalue weighted by molar-refractivity contribution is 7.17. The Morgan fingerprint density at radius 2 is 2.30 bits per heavy atom. The molecule has 1 aromatic heterocycles. The first-order valence-corrected chi connectivity index (χ1v) is 7.04. The number of ether oxygens (including phenoxy) is 1. The largest absolute Gasteiger partial charge is 0.443 e. The van der Waals surface area contributed by atoms with Crippen LogP contribution in [-0.2, 0) is 4.74 Å². The molecule has 0 unspecified atom stereocenters. The molecule has 0 spiro atoms. The minimum atomic E-state index is -0.779. The van der Waals surface area contributed by atoms with Crippen molar-refractivity contribution in [2.45, 2.75) is 20.0 Å². The molecule has 20 heavy (non-hydrogen) atoms. The topological polar surface area (TPSA) is 63.0 Å². The second-order valence-electron chi connectivity index (χ2n) is 4.12. The normalized spacial score (nSPS) is 11.7. The lowest BCUT2D eigenvalue weighted by Gasteiger charge is -2.03. The Morgan fingerprint density at radius 3 is 2.95 bits per heavy atom. The number of carbonyl (C=O) groups is 1. The second kappa shape index (κ2) is 6.04. The molecule has 0 saturated carbocycles. The van der Waals surface area contributed by atoms with Gasteiger partial charge in [0.05, 0.1) is 5.69 Å². The van der Waals surface area contributed by atoms with Crippen LogP contribution in [0, 0.1) is 18.3 Å². The fourth-order valence-corrected chi connectivity index (χ4v) is 2.71. The number of hydrogen-bond donors (Lipinski definition) is 0. The smallest absolute Gasteiger partial charge is 0.351 e. The van der Waals surface area contributed by atoms with Crippen molar-refractivity contribution >= 4 is 28.9 Å². The molecule has 1 atom stereocenters. The average Bonchev–Trinajstić information content (AvgIpc) is 2.80. The van der Waals surface area contributed by atoms with Crippen LogP contribution in [0.5, 0.6) is 0 Å². The van der Waals surface area contributed by atoms with E-state index in [1.54, 1.807) is 19.1 Å². The van der Waals surface area contributed by atoms with Crippen LogP contribution in [0.1, 0.15) is 22.3 Å². The van der Waals surface area contributed by atoms with E-state index in [4.69, 9.17) is 21.6 Å². The number of esters is 1. The molecule has 0 fully saturated rings. The third-order valence-corrected chi connectivity index (χ3v) is 3.94. The van der Waals surface area contributed by atoms with Crippen LogP contribution in [0.4, 0.5) is 0 Å². The van der Waals surface area contributed by atoms with E-state index in [2.05, 4.69) is 4.98 Å². The van der Waals surface area contributed by atoms with Gasteiger partial charge in [0.2, 0.25) is 0 Å². The summed E-state index contributed by atoms with van der Waals surface area (Å²) >= 11 is 7.17. The Bertz CT molecular complexity index is 691. The molecule has 4 nitrogen and oxygen atoms in total. The Hall–Kier alpha value is -1.90. The van der Waals surface area contributed by atoms with Crippen molar-refractivity contribution in [3.63, 3.8) is 0 Å². The molecule has 0 amide bonds. The Labute approximate surface area is 125 Å². The molecule has 0 saturated heterocycles. The molecule has 6 heteroatoms. The summed E-state index contributed by atoms with van der Waals surface area (Å²) in [7, 11) is 0. The van der Waals surface area contributed by atoms with Crippen molar-refractivity contribution in [2.75, 3.05) is 0 Å². The molecular weight excluding hydrogens is 296 g/mol. The molecule has 0 bridgehead atoms. The van der Waals surface area contributed by atoms with Gasteiger partial charge in [-0.15, -0.1) is 11.3 Å². The zero-order valence-corrected chi connectivity index (χ0v) is 12.5. The second-order valence-corrected chi connectivity index (χ2v) is 5.56. The van der Waals surface area contributed by atoms with Crippen LogP contribution in [-0.4, -0.2) is 17.1 Å². The van der Waals surface area contributed by atoms with Crippen LogP contribution < -0.4 is 0 Å². The molecule has 0 aliphatic heterocycles. The zero-order valence-electron chi connectivity index (χ0n) is 10.9. The van der Waals surface area contributed by atoms with Gasteiger partial charge in [0.25, 0.3) is 0 Å². The van der Waals surface area contributed by atoms with Crippen LogP contribution in [0.25, 0.3) is 10.6 Å². The van der Waals surface area contributed by atoms with Gasteiger partial charge >= 0.3 is 5.97 Å². The van der Waals surface area contributed by atoms with E-state index in [0.717, 1.165) is 5.56 Å². The number of aryl methyl sites for hydroxylation is 1. The predicted octanol–water partition coefficient (Wildman–Crippen LogP) is 3.84. The van der Waals surface area contributed by atoms with E-state index in [-0.39, 0.29) is 0 Å². The summed E-state index contributed by atoms with van der Waals surface area (Å²) in [6.45, 7) is 3.25. The standard InChI is InChI=1S/C14H11ClN2O2S/c1-8(7-16)19-14(18)12-9(2)17-13(20-12)10-4-3-5-11(15)6-10/h3-6,8H,1-2H3/t8-/m1/s1. The van der Waals surface area contributed by atoms with E-state index >= 15 is 0 Å². The molecule has 0 N–H and O–H groups in total. The number of thiazole rings is 1. The van der Waals surface area contributed by atoms with E-state index in [1.165, 1.54) is 18.3 Å². The van der Waals surface area contributed by atoms with E-state index < -0.39 is 12.1 Å². The Morgan fingerprint density at radius 1 is 1.55 bits per heavy atom. The monoisotopic (exact) mass is 306 g/mol. The van der Waals surface area contributed by atoms with Crippen molar-refractivity contribution in [1.82, 2.24) is 4.98 Å². The van der Waals surface area contributed by atoms with Crippen LogP contribution >= 0.6 is 22.9 Å². The number of benzene rings is 1. The molecule has 1 aromatic carbocycles. The maximum absolute atomic E-state index is 11.9. The van der Waals surface area contributed by atoms with Gasteiger partial charge in [-0.3, -0.25) is 0 Å². The van der Waals surface area contributed by atoms with Crippen molar-refractivity contribution in [3.8, 4) is 16.6 Å². The van der Waals surface area contributed by atoms with Gasteiger partial charge in [-0.05, 0) is 26.0 Å². The van der Waals surface area contributed by atoms with Crippen molar-refractivity contribution in [3.05, 3.63) is 39.9 Å². The fraction of sp³-hybridized carbons (Fsp3) is 0.214. The number of nitrogens with zero attached hydrogens (tertiary/aromatic N) is 2. The highest BCUT2D eigenvalue weighted by atomic mass is 35.5. The quantitative estimate of drug-likeness (QED) is 0.808.